The summed E-state index contributed by atoms with van der Waals surface area (Å²) in [6.07, 6.45) is 1.50. The summed E-state index contributed by atoms with van der Waals surface area (Å²) in [6, 6.07) is 12.3. The first-order valence-corrected chi connectivity index (χ1v) is 10.8. The van der Waals surface area contributed by atoms with Gasteiger partial charge in [0.15, 0.2) is 0 Å². The van der Waals surface area contributed by atoms with Gasteiger partial charge in [0, 0.05) is 10.6 Å². The first-order valence-electron chi connectivity index (χ1n) is 9.07. The maximum Gasteiger partial charge on any atom is 0.264 e. The van der Waals surface area contributed by atoms with Crippen LogP contribution in [0.15, 0.2) is 52.7 Å². The van der Waals surface area contributed by atoms with Crippen molar-refractivity contribution in [3.63, 3.8) is 0 Å². The molecule has 0 bridgehead atoms. The smallest absolute Gasteiger partial charge is 0.264 e. The van der Waals surface area contributed by atoms with Crippen LogP contribution in [0.25, 0.3) is 0 Å². The van der Waals surface area contributed by atoms with Crippen LogP contribution in [0.5, 0.6) is 5.75 Å². The van der Waals surface area contributed by atoms with Crippen LogP contribution in [0.4, 0.5) is 11.6 Å². The van der Waals surface area contributed by atoms with Gasteiger partial charge in [0.1, 0.15) is 5.75 Å². The second kappa shape index (κ2) is 10.9. The standard InChI is InChI=1S/C19H19Cl2N7O2S/c1-2-30-16-6-4-3-5-15(16)24-17(29)11-31-19-27-26-18(28(19)22)25-23-10-12-7-8-13(20)9-14(12)21/h3-10H,2,11,22H2,1H3,(H,24,29)(H,25,26)/b23-10+. The van der Waals surface area contributed by atoms with E-state index in [4.69, 9.17) is 33.8 Å². The van der Waals surface area contributed by atoms with Crippen molar-refractivity contribution in [1.29, 1.82) is 0 Å². The molecule has 0 atom stereocenters. The molecule has 1 heterocycles. The summed E-state index contributed by atoms with van der Waals surface area (Å²) in [4.78, 5) is 12.3. The van der Waals surface area contributed by atoms with E-state index in [1.807, 2.05) is 19.1 Å². The number of para-hydroxylation sites is 2. The summed E-state index contributed by atoms with van der Waals surface area (Å²) in [5.74, 6) is 6.63. The number of aromatic nitrogens is 3. The highest BCUT2D eigenvalue weighted by Gasteiger charge is 2.13. The number of ether oxygens (including phenoxy) is 1. The van der Waals surface area contributed by atoms with Gasteiger partial charge < -0.3 is 15.9 Å². The minimum absolute atomic E-state index is 0.0828. The number of hydrogen-bond acceptors (Lipinski definition) is 8. The maximum atomic E-state index is 12.3. The molecule has 0 fully saturated rings. The van der Waals surface area contributed by atoms with E-state index >= 15 is 0 Å². The predicted octanol–water partition coefficient (Wildman–Crippen LogP) is 3.87. The Morgan fingerprint density at radius 2 is 2.10 bits per heavy atom. The monoisotopic (exact) mass is 479 g/mol. The number of thioether (sulfide) groups is 1. The van der Waals surface area contributed by atoms with Crippen LogP contribution >= 0.6 is 35.0 Å². The lowest BCUT2D eigenvalue weighted by Crippen LogP contribution is -2.17. The topological polar surface area (TPSA) is 119 Å². The molecule has 0 spiro atoms. The Hall–Kier alpha value is -2.95. The fourth-order valence-electron chi connectivity index (χ4n) is 2.39. The van der Waals surface area contributed by atoms with Gasteiger partial charge in [0.05, 0.1) is 29.3 Å². The fourth-order valence-corrected chi connectivity index (χ4v) is 3.50. The Bertz CT molecular complexity index is 1090. The lowest BCUT2D eigenvalue weighted by Gasteiger charge is -2.10. The molecule has 0 saturated carbocycles. The average Bonchev–Trinajstić information content (AvgIpc) is 3.09. The van der Waals surface area contributed by atoms with Crippen molar-refractivity contribution in [3.8, 4) is 5.75 Å². The minimum Gasteiger partial charge on any atom is -0.492 e. The fraction of sp³-hybridized carbons (Fsp3) is 0.158. The van der Waals surface area contributed by atoms with Crippen LogP contribution in [0.1, 0.15) is 12.5 Å². The number of nitrogens with one attached hydrogen (secondary N) is 2. The average molecular weight is 480 g/mol. The number of hydrazone groups is 1. The number of hydrogen-bond donors (Lipinski definition) is 3. The minimum atomic E-state index is -0.231. The van der Waals surface area contributed by atoms with Crippen LogP contribution < -0.4 is 21.3 Å². The summed E-state index contributed by atoms with van der Waals surface area (Å²) in [6.45, 7) is 2.38. The third-order valence-electron chi connectivity index (χ3n) is 3.79. The zero-order valence-electron chi connectivity index (χ0n) is 16.4. The molecule has 162 valence electrons. The molecule has 31 heavy (non-hydrogen) atoms. The summed E-state index contributed by atoms with van der Waals surface area (Å²) in [5, 5.41) is 16.1. The lowest BCUT2D eigenvalue weighted by molar-refractivity contribution is -0.113. The van der Waals surface area contributed by atoms with Crippen LogP contribution in [0.3, 0.4) is 0 Å². The number of carbonyl (C=O) groups is 1. The second-order valence-corrected chi connectivity index (χ2v) is 7.76. The van der Waals surface area contributed by atoms with Gasteiger partial charge in [-0.05, 0) is 31.2 Å². The number of benzene rings is 2. The van der Waals surface area contributed by atoms with E-state index in [9.17, 15) is 4.79 Å². The van der Waals surface area contributed by atoms with Crippen molar-refractivity contribution in [2.24, 2.45) is 5.10 Å². The molecule has 0 aliphatic heterocycles. The van der Waals surface area contributed by atoms with E-state index in [-0.39, 0.29) is 17.6 Å². The summed E-state index contributed by atoms with van der Waals surface area (Å²) >= 11 is 13.1. The molecule has 3 rings (SSSR count). The van der Waals surface area contributed by atoms with E-state index in [0.717, 1.165) is 11.8 Å². The molecular weight excluding hydrogens is 461 g/mol. The van der Waals surface area contributed by atoms with Crippen LogP contribution in [0, 0.1) is 0 Å². The SMILES string of the molecule is CCOc1ccccc1NC(=O)CSc1nnc(N/N=C/c2ccc(Cl)cc2Cl)n1N. The van der Waals surface area contributed by atoms with Gasteiger partial charge in [-0.2, -0.15) is 5.10 Å². The van der Waals surface area contributed by atoms with Crippen molar-refractivity contribution in [2.75, 3.05) is 28.9 Å². The third-order valence-corrected chi connectivity index (χ3v) is 5.29. The Morgan fingerprint density at radius 3 is 2.87 bits per heavy atom. The molecular formula is C19H19Cl2N7O2S. The molecule has 0 aliphatic rings. The van der Waals surface area contributed by atoms with Gasteiger partial charge in [-0.25, -0.2) is 10.1 Å². The number of carbonyl (C=O) groups excluding carboxylic acids is 1. The first-order chi connectivity index (χ1) is 15.0. The third kappa shape index (κ3) is 6.27. The number of halogens is 2. The highest BCUT2D eigenvalue weighted by atomic mass is 35.5. The molecule has 2 aromatic carbocycles. The van der Waals surface area contributed by atoms with Crippen molar-refractivity contribution < 1.29 is 9.53 Å². The predicted molar refractivity (Wildman–Crippen MR) is 125 cm³/mol. The Balaban J connectivity index is 1.55. The van der Waals surface area contributed by atoms with E-state index in [1.54, 1.807) is 30.3 Å². The van der Waals surface area contributed by atoms with E-state index in [0.29, 0.717) is 38.8 Å². The zero-order chi connectivity index (χ0) is 22.2. The lowest BCUT2D eigenvalue weighted by atomic mass is 10.2. The molecule has 0 aliphatic carbocycles. The number of amides is 1. The van der Waals surface area contributed by atoms with Gasteiger partial charge in [-0.3, -0.25) is 4.79 Å². The quantitative estimate of drug-likeness (QED) is 0.184. The summed E-state index contributed by atoms with van der Waals surface area (Å²) < 4.78 is 6.70. The number of nitrogens with two attached hydrogens (primary N) is 1. The molecule has 0 radical (unpaired) electrons. The van der Waals surface area contributed by atoms with Crippen LogP contribution in [-0.2, 0) is 4.79 Å². The highest BCUT2D eigenvalue weighted by Crippen LogP contribution is 2.24. The largest absolute Gasteiger partial charge is 0.492 e. The van der Waals surface area contributed by atoms with Crippen molar-refractivity contribution in [2.45, 2.75) is 12.1 Å². The number of nitrogen functional groups attached to an aromatic ring is 1. The number of rotatable bonds is 9. The van der Waals surface area contributed by atoms with Gasteiger partial charge in [0.25, 0.3) is 5.95 Å². The van der Waals surface area contributed by atoms with Crippen molar-refractivity contribution in [1.82, 2.24) is 14.9 Å². The zero-order valence-corrected chi connectivity index (χ0v) is 18.7. The Morgan fingerprint density at radius 1 is 1.29 bits per heavy atom. The highest BCUT2D eigenvalue weighted by molar-refractivity contribution is 7.99. The van der Waals surface area contributed by atoms with Crippen LogP contribution in [-0.4, -0.2) is 39.4 Å². The van der Waals surface area contributed by atoms with Gasteiger partial charge in [0.2, 0.25) is 11.1 Å². The first kappa shape index (κ1) is 22.7. The molecule has 1 aromatic heterocycles. The second-order valence-electron chi connectivity index (χ2n) is 5.98. The van der Waals surface area contributed by atoms with Crippen LogP contribution in [0.2, 0.25) is 10.0 Å². The van der Waals surface area contributed by atoms with E-state index in [2.05, 4.69) is 26.0 Å². The molecule has 9 nitrogen and oxygen atoms in total. The number of anilines is 2. The molecule has 1 amide bonds. The summed E-state index contributed by atoms with van der Waals surface area (Å²) in [7, 11) is 0. The van der Waals surface area contributed by atoms with Gasteiger partial charge in [-0.15, -0.1) is 10.2 Å². The van der Waals surface area contributed by atoms with Crippen molar-refractivity contribution in [3.05, 3.63) is 58.1 Å². The molecule has 0 saturated heterocycles. The molecule has 4 N–H and O–H groups in total. The molecule has 3 aromatic rings. The molecule has 12 heteroatoms. The maximum absolute atomic E-state index is 12.3. The van der Waals surface area contributed by atoms with Gasteiger partial charge >= 0.3 is 0 Å². The molecule has 0 unspecified atom stereocenters. The number of nitrogens with zero attached hydrogens (tertiary/aromatic N) is 4. The van der Waals surface area contributed by atoms with E-state index in [1.165, 1.54) is 10.9 Å². The van der Waals surface area contributed by atoms with E-state index < -0.39 is 0 Å². The normalized spacial score (nSPS) is 10.9. The van der Waals surface area contributed by atoms with Crippen molar-refractivity contribution >= 4 is 58.7 Å². The Kier molecular flexibility index (Phi) is 7.99. The van der Waals surface area contributed by atoms with Gasteiger partial charge in [-0.1, -0.05) is 53.2 Å². The summed E-state index contributed by atoms with van der Waals surface area (Å²) in [5.41, 5.74) is 3.95. The Labute approximate surface area is 192 Å².